The fourth-order valence-corrected chi connectivity index (χ4v) is 1.61. The van der Waals surface area contributed by atoms with Gasteiger partial charge in [-0.1, -0.05) is 0 Å². The van der Waals surface area contributed by atoms with E-state index >= 15 is 0 Å². The lowest BCUT2D eigenvalue weighted by Crippen LogP contribution is -2.12. The molecule has 0 bridgehead atoms. The number of carbonyl (C=O) groups is 1. The highest BCUT2D eigenvalue weighted by Crippen LogP contribution is 2.12. The van der Waals surface area contributed by atoms with Crippen LogP contribution < -0.4 is 5.73 Å². The number of nitrogens with two attached hydrogens (primary N) is 1. The molecule has 0 saturated heterocycles. The number of aromatic nitrogens is 2. The van der Waals surface area contributed by atoms with Gasteiger partial charge in [0.2, 0.25) is 0 Å². The molecule has 0 saturated carbocycles. The van der Waals surface area contributed by atoms with Crippen molar-refractivity contribution in [3.05, 3.63) is 47.8 Å². The molecule has 1 aromatic heterocycles. The van der Waals surface area contributed by atoms with Gasteiger partial charge >= 0.3 is 5.97 Å². The molecule has 100 valence electrons. The summed E-state index contributed by atoms with van der Waals surface area (Å²) in [6.07, 6.45) is 3.47. The Morgan fingerprint density at radius 1 is 1.53 bits per heavy atom. The van der Waals surface area contributed by atoms with Crippen LogP contribution in [0.15, 0.2) is 30.6 Å². The number of hydrogen-bond acceptors (Lipinski definition) is 4. The van der Waals surface area contributed by atoms with Crippen LogP contribution in [0.1, 0.15) is 16.2 Å². The molecule has 1 heterocycles. The highest BCUT2D eigenvalue weighted by Gasteiger charge is 2.09. The molecular formula is C13H14FN3O2. The van der Waals surface area contributed by atoms with Gasteiger partial charge in [-0.2, -0.15) is 0 Å². The number of anilines is 1. The average molecular weight is 263 g/mol. The summed E-state index contributed by atoms with van der Waals surface area (Å²) >= 11 is 0. The summed E-state index contributed by atoms with van der Waals surface area (Å²) in [4.78, 5) is 15.7. The van der Waals surface area contributed by atoms with Crippen LogP contribution in [-0.4, -0.2) is 22.1 Å². The van der Waals surface area contributed by atoms with Crippen LogP contribution >= 0.6 is 0 Å². The molecule has 0 aliphatic rings. The number of halogens is 1. The van der Waals surface area contributed by atoms with Crippen molar-refractivity contribution in [2.24, 2.45) is 0 Å². The van der Waals surface area contributed by atoms with E-state index in [9.17, 15) is 9.18 Å². The molecule has 0 aliphatic heterocycles. The summed E-state index contributed by atoms with van der Waals surface area (Å²) in [5.74, 6) is -0.355. The van der Waals surface area contributed by atoms with Gasteiger partial charge in [-0.25, -0.2) is 14.2 Å². The van der Waals surface area contributed by atoms with Gasteiger partial charge in [0.25, 0.3) is 0 Å². The number of carbonyl (C=O) groups excluding carboxylic acids is 1. The Balaban J connectivity index is 1.91. The summed E-state index contributed by atoms with van der Waals surface area (Å²) in [5, 5.41) is 0. The van der Waals surface area contributed by atoms with Crippen molar-refractivity contribution in [1.29, 1.82) is 0 Å². The number of ether oxygens (including phenoxy) is 1. The molecule has 1 aromatic carbocycles. The van der Waals surface area contributed by atoms with E-state index in [1.54, 1.807) is 12.4 Å². The van der Waals surface area contributed by atoms with Crippen LogP contribution in [0.2, 0.25) is 0 Å². The lowest BCUT2D eigenvalue weighted by atomic mass is 10.2. The van der Waals surface area contributed by atoms with E-state index in [1.165, 1.54) is 12.1 Å². The molecule has 2 rings (SSSR count). The van der Waals surface area contributed by atoms with Crippen LogP contribution in [0.25, 0.3) is 0 Å². The minimum Gasteiger partial charge on any atom is -0.460 e. The van der Waals surface area contributed by atoms with Crippen molar-refractivity contribution in [2.45, 2.75) is 13.5 Å². The fraction of sp³-hybridized carbons (Fsp3) is 0.231. The Kier molecular flexibility index (Phi) is 3.79. The predicted molar refractivity (Wildman–Crippen MR) is 68.1 cm³/mol. The zero-order valence-electron chi connectivity index (χ0n) is 10.5. The third kappa shape index (κ3) is 3.09. The average Bonchev–Trinajstić information content (AvgIpc) is 2.78. The molecule has 2 aromatic rings. The normalized spacial score (nSPS) is 10.4. The van der Waals surface area contributed by atoms with Crippen molar-refractivity contribution in [3.8, 4) is 0 Å². The Morgan fingerprint density at radius 3 is 2.95 bits per heavy atom. The Bertz CT molecular complexity index is 595. The molecule has 5 nitrogen and oxygen atoms in total. The molecular weight excluding hydrogens is 249 g/mol. The minimum absolute atomic E-state index is 0.00518. The highest BCUT2D eigenvalue weighted by atomic mass is 19.1. The maximum absolute atomic E-state index is 13.2. The topological polar surface area (TPSA) is 70.1 Å². The number of rotatable bonds is 4. The Morgan fingerprint density at radius 2 is 2.32 bits per heavy atom. The summed E-state index contributed by atoms with van der Waals surface area (Å²) in [5.41, 5.74) is 5.48. The molecule has 0 fully saturated rings. The first-order valence-electron chi connectivity index (χ1n) is 5.78. The van der Waals surface area contributed by atoms with Gasteiger partial charge in [0.05, 0.1) is 17.8 Å². The van der Waals surface area contributed by atoms with Gasteiger partial charge in [-0.05, 0) is 25.1 Å². The second kappa shape index (κ2) is 5.51. The number of hydrogen-bond donors (Lipinski definition) is 1. The van der Waals surface area contributed by atoms with E-state index in [0.29, 0.717) is 6.54 Å². The van der Waals surface area contributed by atoms with E-state index < -0.39 is 11.8 Å². The standard InChI is InChI=1S/C13H14FN3O2/c1-9-16-4-5-17(9)6-7-19-13(18)10-2-3-12(15)11(14)8-10/h2-5,8H,6-7,15H2,1H3. The van der Waals surface area contributed by atoms with Crippen LogP contribution in [0.5, 0.6) is 0 Å². The van der Waals surface area contributed by atoms with Gasteiger partial charge < -0.3 is 15.0 Å². The maximum atomic E-state index is 13.2. The molecule has 0 atom stereocenters. The summed E-state index contributed by atoms with van der Waals surface area (Å²) in [6, 6.07) is 3.84. The molecule has 6 heteroatoms. The fourth-order valence-electron chi connectivity index (χ4n) is 1.61. The smallest absolute Gasteiger partial charge is 0.338 e. The number of nitrogen functional groups attached to an aromatic ring is 1. The van der Waals surface area contributed by atoms with E-state index in [4.69, 9.17) is 10.5 Å². The summed E-state index contributed by atoms with van der Waals surface area (Å²) in [6.45, 7) is 2.56. The molecule has 0 amide bonds. The molecule has 2 N–H and O–H groups in total. The van der Waals surface area contributed by atoms with Crippen molar-refractivity contribution < 1.29 is 13.9 Å². The Hall–Kier alpha value is -2.37. The zero-order chi connectivity index (χ0) is 13.8. The van der Waals surface area contributed by atoms with Gasteiger partial charge in [-0.15, -0.1) is 0 Å². The third-order valence-corrected chi connectivity index (χ3v) is 2.73. The van der Waals surface area contributed by atoms with Gasteiger partial charge in [0.1, 0.15) is 18.2 Å². The second-order valence-electron chi connectivity index (χ2n) is 4.04. The summed E-state index contributed by atoms with van der Waals surface area (Å²) in [7, 11) is 0. The molecule has 0 radical (unpaired) electrons. The van der Waals surface area contributed by atoms with Gasteiger partial charge in [-0.3, -0.25) is 0 Å². The zero-order valence-corrected chi connectivity index (χ0v) is 10.5. The first-order chi connectivity index (χ1) is 9.08. The third-order valence-electron chi connectivity index (χ3n) is 2.73. The minimum atomic E-state index is -0.625. The molecule has 0 unspecified atom stereocenters. The van der Waals surface area contributed by atoms with Gasteiger partial charge in [0.15, 0.2) is 0 Å². The molecule has 19 heavy (non-hydrogen) atoms. The predicted octanol–water partition coefficient (Wildman–Crippen LogP) is 1.77. The van der Waals surface area contributed by atoms with Gasteiger partial charge in [0, 0.05) is 12.4 Å². The van der Waals surface area contributed by atoms with E-state index in [2.05, 4.69) is 4.98 Å². The van der Waals surface area contributed by atoms with Crippen LogP contribution in [0.4, 0.5) is 10.1 Å². The monoisotopic (exact) mass is 263 g/mol. The highest BCUT2D eigenvalue weighted by molar-refractivity contribution is 5.89. The number of aryl methyl sites for hydroxylation is 1. The van der Waals surface area contributed by atoms with Crippen LogP contribution in [0, 0.1) is 12.7 Å². The lowest BCUT2D eigenvalue weighted by Gasteiger charge is -2.07. The van der Waals surface area contributed by atoms with E-state index in [1.807, 2.05) is 11.5 Å². The number of benzene rings is 1. The van der Waals surface area contributed by atoms with E-state index in [0.717, 1.165) is 11.9 Å². The number of nitrogens with zero attached hydrogens (tertiary/aromatic N) is 2. The van der Waals surface area contributed by atoms with Crippen LogP contribution in [-0.2, 0) is 11.3 Å². The molecule has 0 aliphatic carbocycles. The largest absolute Gasteiger partial charge is 0.460 e. The van der Waals surface area contributed by atoms with Crippen molar-refractivity contribution in [2.75, 3.05) is 12.3 Å². The first-order valence-corrected chi connectivity index (χ1v) is 5.78. The summed E-state index contributed by atoms with van der Waals surface area (Å²) < 4.78 is 20.1. The van der Waals surface area contributed by atoms with Crippen molar-refractivity contribution in [1.82, 2.24) is 9.55 Å². The lowest BCUT2D eigenvalue weighted by molar-refractivity contribution is 0.0490. The van der Waals surface area contributed by atoms with E-state index in [-0.39, 0.29) is 17.9 Å². The van der Waals surface area contributed by atoms with Crippen molar-refractivity contribution >= 4 is 11.7 Å². The first kappa shape index (κ1) is 13.1. The van der Waals surface area contributed by atoms with Crippen molar-refractivity contribution in [3.63, 3.8) is 0 Å². The quantitative estimate of drug-likeness (QED) is 0.674. The molecule has 0 spiro atoms. The number of esters is 1. The Labute approximate surface area is 109 Å². The second-order valence-corrected chi connectivity index (χ2v) is 4.04. The van der Waals surface area contributed by atoms with Crippen LogP contribution in [0.3, 0.4) is 0 Å². The maximum Gasteiger partial charge on any atom is 0.338 e. The SMILES string of the molecule is Cc1nccn1CCOC(=O)c1ccc(N)c(F)c1. The number of imidazole rings is 1.